The van der Waals surface area contributed by atoms with Crippen molar-refractivity contribution in [3.05, 3.63) is 89.1 Å². The lowest BCUT2D eigenvalue weighted by molar-refractivity contribution is -0.119. The van der Waals surface area contributed by atoms with Crippen LogP contribution in [0.2, 0.25) is 0 Å². The van der Waals surface area contributed by atoms with Crippen LogP contribution in [0, 0.1) is 11.3 Å². The number of allylic oxidation sites excluding steroid dienone is 2. The molecule has 30 heavy (non-hydrogen) atoms. The first-order valence-corrected chi connectivity index (χ1v) is 10.2. The molecule has 4 heteroatoms. The number of Topliss-reactive ketones (excluding diaryl/α,β-unsaturated/α-hetero) is 1. The number of fused-ring (bicyclic) bond motifs is 1. The first-order chi connectivity index (χ1) is 14.7. The molecule has 146 valence electrons. The molecule has 0 saturated heterocycles. The second-order valence-electron chi connectivity index (χ2n) is 7.82. The Labute approximate surface area is 175 Å². The summed E-state index contributed by atoms with van der Waals surface area (Å²) >= 11 is 0. The van der Waals surface area contributed by atoms with Gasteiger partial charge in [0.05, 0.1) is 11.3 Å². The van der Waals surface area contributed by atoms with E-state index in [1.54, 1.807) is 23.1 Å². The summed E-state index contributed by atoms with van der Waals surface area (Å²) in [5.74, 6) is -0.206. The van der Waals surface area contributed by atoms with Crippen LogP contribution >= 0.6 is 0 Å². The predicted molar refractivity (Wildman–Crippen MR) is 116 cm³/mol. The molecule has 0 N–H and O–H groups in total. The fraction of sp³-hybridized carbons (Fsp3) is 0.192. The van der Waals surface area contributed by atoms with Gasteiger partial charge in [0.25, 0.3) is 0 Å². The van der Waals surface area contributed by atoms with E-state index in [-0.39, 0.29) is 24.0 Å². The highest BCUT2D eigenvalue weighted by Gasteiger charge is 2.40. The number of hydrogen-bond acceptors (Lipinski definition) is 3. The molecule has 1 heterocycles. The normalized spacial score (nSPS) is 19.0. The van der Waals surface area contributed by atoms with Crippen molar-refractivity contribution in [3.63, 3.8) is 0 Å². The third-order valence-corrected chi connectivity index (χ3v) is 6.14. The van der Waals surface area contributed by atoms with E-state index in [9.17, 15) is 14.9 Å². The molecule has 4 nitrogen and oxygen atoms in total. The van der Waals surface area contributed by atoms with Gasteiger partial charge in [-0.25, -0.2) is 0 Å². The van der Waals surface area contributed by atoms with Crippen molar-refractivity contribution < 1.29 is 9.59 Å². The minimum absolute atomic E-state index is 0.0657. The molecule has 0 radical (unpaired) electrons. The molecular weight excluding hydrogens is 372 g/mol. The first kappa shape index (κ1) is 18.3. The summed E-state index contributed by atoms with van der Waals surface area (Å²) in [6.07, 6.45) is 2.10. The number of carbonyl (C=O) groups excluding carboxylic acids is 2. The lowest BCUT2D eigenvalue weighted by Gasteiger charge is -2.38. The van der Waals surface area contributed by atoms with Crippen LogP contribution in [-0.2, 0) is 9.59 Å². The number of para-hydroxylation sites is 1. The van der Waals surface area contributed by atoms with Crippen LogP contribution in [0.15, 0.2) is 78.0 Å². The molecule has 0 saturated carbocycles. The van der Waals surface area contributed by atoms with Gasteiger partial charge in [-0.05, 0) is 41.3 Å². The topological polar surface area (TPSA) is 61.2 Å². The second kappa shape index (κ2) is 7.27. The maximum Gasteiger partial charge on any atom is 0.232 e. The minimum Gasteiger partial charge on any atom is -0.294 e. The van der Waals surface area contributed by atoms with Crippen LogP contribution in [-0.4, -0.2) is 11.7 Å². The zero-order chi connectivity index (χ0) is 20.7. The number of benzene rings is 3. The van der Waals surface area contributed by atoms with Crippen molar-refractivity contribution in [1.82, 2.24) is 0 Å². The quantitative estimate of drug-likeness (QED) is 0.599. The summed E-state index contributed by atoms with van der Waals surface area (Å²) in [5, 5.41) is 11.7. The molecule has 1 aliphatic heterocycles. The van der Waals surface area contributed by atoms with Gasteiger partial charge >= 0.3 is 0 Å². The highest BCUT2D eigenvalue weighted by molar-refractivity contribution is 6.08. The number of nitrogens with zero attached hydrogens (tertiary/aromatic N) is 2. The second-order valence-corrected chi connectivity index (χ2v) is 7.82. The molecule has 0 fully saturated rings. The van der Waals surface area contributed by atoms with E-state index in [1.165, 1.54) is 0 Å². The van der Waals surface area contributed by atoms with Crippen LogP contribution in [0.5, 0.6) is 0 Å². The summed E-state index contributed by atoms with van der Waals surface area (Å²) < 4.78 is 0. The Morgan fingerprint density at radius 3 is 2.53 bits per heavy atom. The van der Waals surface area contributed by atoms with Gasteiger partial charge in [-0.2, -0.15) is 5.26 Å². The number of carbonyl (C=O) groups is 2. The Morgan fingerprint density at radius 1 is 0.900 bits per heavy atom. The Kier molecular flexibility index (Phi) is 4.44. The number of amides is 1. The van der Waals surface area contributed by atoms with E-state index < -0.39 is 0 Å². The lowest BCUT2D eigenvalue weighted by Crippen LogP contribution is -2.41. The molecule has 3 aromatic carbocycles. The molecular formula is C26H20N2O2. The van der Waals surface area contributed by atoms with Crippen LogP contribution in [0.1, 0.15) is 42.7 Å². The summed E-state index contributed by atoms with van der Waals surface area (Å²) in [6, 6.07) is 23.5. The van der Waals surface area contributed by atoms with Crippen LogP contribution in [0.25, 0.3) is 10.8 Å². The van der Waals surface area contributed by atoms with Crippen molar-refractivity contribution in [2.24, 2.45) is 0 Å². The number of hydrogen-bond donors (Lipinski definition) is 0. The maximum absolute atomic E-state index is 13.4. The summed E-state index contributed by atoms with van der Waals surface area (Å²) in [6.45, 7) is 0. The lowest BCUT2D eigenvalue weighted by atomic mass is 9.76. The largest absolute Gasteiger partial charge is 0.294 e. The third-order valence-electron chi connectivity index (χ3n) is 6.14. The monoisotopic (exact) mass is 392 g/mol. The minimum atomic E-state index is -0.253. The fourth-order valence-electron chi connectivity index (χ4n) is 4.86. The van der Waals surface area contributed by atoms with Gasteiger partial charge in [0, 0.05) is 30.0 Å². The summed E-state index contributed by atoms with van der Waals surface area (Å²) in [7, 11) is 0. The maximum atomic E-state index is 13.4. The van der Waals surface area contributed by atoms with Gasteiger partial charge in [0.15, 0.2) is 5.78 Å². The molecule has 0 bridgehead atoms. The smallest absolute Gasteiger partial charge is 0.232 e. The molecule has 1 unspecified atom stereocenters. The van der Waals surface area contributed by atoms with E-state index in [0.29, 0.717) is 24.1 Å². The molecule has 1 aliphatic carbocycles. The highest BCUT2D eigenvalue weighted by atomic mass is 16.2. The Balaban J connectivity index is 1.73. The molecule has 1 amide bonds. The van der Waals surface area contributed by atoms with Crippen molar-refractivity contribution >= 4 is 28.2 Å². The van der Waals surface area contributed by atoms with Crippen LogP contribution < -0.4 is 4.90 Å². The number of nitriles is 1. The first-order valence-electron chi connectivity index (χ1n) is 10.2. The average Bonchev–Trinajstić information content (AvgIpc) is 2.78. The van der Waals surface area contributed by atoms with Crippen molar-refractivity contribution in [2.45, 2.75) is 31.6 Å². The van der Waals surface area contributed by atoms with Gasteiger partial charge in [-0.3, -0.25) is 14.5 Å². The molecule has 2 aliphatic rings. The van der Waals surface area contributed by atoms with Gasteiger partial charge in [-0.1, -0.05) is 54.6 Å². The van der Waals surface area contributed by atoms with E-state index in [1.807, 2.05) is 30.3 Å². The summed E-state index contributed by atoms with van der Waals surface area (Å²) in [4.78, 5) is 28.2. The van der Waals surface area contributed by atoms with Gasteiger partial charge in [0.1, 0.15) is 6.07 Å². The van der Waals surface area contributed by atoms with Gasteiger partial charge in [0.2, 0.25) is 5.91 Å². The number of rotatable bonds is 2. The molecule has 0 spiro atoms. The Hall–Kier alpha value is -3.71. The molecule has 5 rings (SSSR count). The van der Waals surface area contributed by atoms with Gasteiger partial charge < -0.3 is 0 Å². The zero-order valence-electron chi connectivity index (χ0n) is 16.5. The van der Waals surface area contributed by atoms with Crippen molar-refractivity contribution in [2.75, 3.05) is 4.90 Å². The standard InChI is InChI=1S/C26H20N2O2/c27-16-18-8-2-4-12-22(18)28-23-13-6-14-24(29)26(23)21(15-25(28)30)20-11-5-9-17-7-1-3-10-19(17)20/h1-5,7-12,21H,6,13-15H2. The van der Waals surface area contributed by atoms with Gasteiger partial charge in [-0.15, -0.1) is 0 Å². The fourth-order valence-corrected chi connectivity index (χ4v) is 4.86. The molecule has 0 aromatic heterocycles. The van der Waals surface area contributed by atoms with Crippen molar-refractivity contribution in [3.8, 4) is 6.07 Å². The molecule has 1 atom stereocenters. The zero-order valence-corrected chi connectivity index (χ0v) is 16.5. The Morgan fingerprint density at radius 2 is 1.67 bits per heavy atom. The van der Waals surface area contributed by atoms with E-state index >= 15 is 0 Å². The SMILES string of the molecule is N#Cc1ccccc1N1C(=O)CC(c2cccc3ccccc23)C2=C1CCCC2=O. The van der Waals surface area contributed by atoms with E-state index in [4.69, 9.17) is 0 Å². The molecule has 3 aromatic rings. The number of anilines is 1. The van der Waals surface area contributed by atoms with Crippen molar-refractivity contribution in [1.29, 1.82) is 5.26 Å². The third kappa shape index (κ3) is 2.83. The average molecular weight is 392 g/mol. The predicted octanol–water partition coefficient (Wildman–Crippen LogP) is 5.24. The van der Waals surface area contributed by atoms with Crippen LogP contribution in [0.4, 0.5) is 5.69 Å². The Bertz CT molecular complexity index is 1260. The van der Waals surface area contributed by atoms with E-state index in [2.05, 4.69) is 24.3 Å². The summed E-state index contributed by atoms with van der Waals surface area (Å²) in [5.41, 5.74) is 3.55. The van der Waals surface area contributed by atoms with E-state index in [0.717, 1.165) is 34.0 Å². The van der Waals surface area contributed by atoms with Crippen LogP contribution in [0.3, 0.4) is 0 Å². The highest BCUT2D eigenvalue weighted by Crippen LogP contribution is 2.45. The number of ketones is 1.